The van der Waals surface area contributed by atoms with Crippen LogP contribution in [0.3, 0.4) is 0 Å². The van der Waals surface area contributed by atoms with Gasteiger partial charge in [0.05, 0.1) is 22.8 Å². The normalized spacial score (nSPS) is 11.0. The van der Waals surface area contributed by atoms with Crippen LogP contribution in [0.1, 0.15) is 15.9 Å². The van der Waals surface area contributed by atoms with Gasteiger partial charge < -0.3 is 10.3 Å². The van der Waals surface area contributed by atoms with E-state index in [1.54, 1.807) is 6.20 Å². The summed E-state index contributed by atoms with van der Waals surface area (Å²) in [6.45, 7) is -0.218. The second-order valence-corrected chi connectivity index (χ2v) is 6.21. The van der Waals surface area contributed by atoms with Crippen LogP contribution in [0, 0.1) is 0 Å². The molecule has 0 atom stereocenters. The van der Waals surface area contributed by atoms with E-state index >= 15 is 0 Å². The molecular weight excluding hydrogens is 375 g/mol. The molecule has 0 unspecified atom stereocenters. The summed E-state index contributed by atoms with van der Waals surface area (Å²) in [6.07, 6.45) is 3.34. The van der Waals surface area contributed by atoms with E-state index in [-0.39, 0.29) is 11.6 Å². The predicted octanol–water partition coefficient (Wildman–Crippen LogP) is 3.35. The summed E-state index contributed by atoms with van der Waals surface area (Å²) in [4.78, 5) is 26.9. The zero-order valence-electron chi connectivity index (χ0n) is 13.4. The van der Waals surface area contributed by atoms with E-state index in [1.165, 1.54) is 24.4 Å². The number of carbonyl (C=O) groups is 2. The Labute approximate surface area is 159 Å². The van der Waals surface area contributed by atoms with Gasteiger partial charge in [0.2, 0.25) is 0 Å². The van der Waals surface area contributed by atoms with Crippen LogP contribution in [-0.4, -0.2) is 29.6 Å². The molecule has 0 radical (unpaired) electrons. The number of benzene rings is 2. The smallest absolute Gasteiger partial charge is 0.259 e. The van der Waals surface area contributed by atoms with Gasteiger partial charge in [0.1, 0.15) is 0 Å². The topological polar surface area (TPSA) is 86.3 Å². The lowest BCUT2D eigenvalue weighted by atomic mass is 10.2. The van der Waals surface area contributed by atoms with Crippen molar-refractivity contribution in [2.75, 3.05) is 6.54 Å². The number of para-hydroxylation sites is 1. The minimum atomic E-state index is -0.450. The van der Waals surface area contributed by atoms with Gasteiger partial charge in [-0.05, 0) is 24.3 Å². The fourth-order valence-corrected chi connectivity index (χ4v) is 2.61. The maximum absolute atomic E-state index is 12.0. The van der Waals surface area contributed by atoms with Gasteiger partial charge in [0, 0.05) is 28.2 Å². The van der Waals surface area contributed by atoms with Crippen LogP contribution >= 0.6 is 23.2 Å². The average Bonchev–Trinajstić information content (AvgIpc) is 3.05. The number of hydrazone groups is 1. The first-order valence-corrected chi connectivity index (χ1v) is 8.41. The Kier molecular flexibility index (Phi) is 5.55. The summed E-state index contributed by atoms with van der Waals surface area (Å²) < 4.78 is 0. The first kappa shape index (κ1) is 18.0. The third kappa shape index (κ3) is 4.22. The molecule has 0 spiro atoms. The zero-order valence-corrected chi connectivity index (χ0v) is 14.9. The average molecular weight is 389 g/mol. The Bertz CT molecular complexity index is 998. The fraction of sp³-hybridized carbons (Fsp3) is 0.0556. The summed E-state index contributed by atoms with van der Waals surface area (Å²) in [5.41, 5.74) is 4.51. The van der Waals surface area contributed by atoms with E-state index in [0.717, 1.165) is 16.5 Å². The Balaban J connectivity index is 1.52. The number of fused-ring (bicyclic) bond motifs is 1. The van der Waals surface area contributed by atoms with Gasteiger partial charge in [-0.15, -0.1) is 0 Å². The van der Waals surface area contributed by atoms with Crippen LogP contribution in [0.2, 0.25) is 10.0 Å². The van der Waals surface area contributed by atoms with Gasteiger partial charge in [0.25, 0.3) is 11.8 Å². The molecule has 0 aliphatic rings. The van der Waals surface area contributed by atoms with Gasteiger partial charge in [-0.25, -0.2) is 5.43 Å². The number of hydrogen-bond donors (Lipinski definition) is 3. The Morgan fingerprint density at radius 3 is 2.73 bits per heavy atom. The molecule has 1 aromatic heterocycles. The van der Waals surface area contributed by atoms with E-state index in [4.69, 9.17) is 23.2 Å². The van der Waals surface area contributed by atoms with Crippen LogP contribution < -0.4 is 10.7 Å². The van der Waals surface area contributed by atoms with E-state index < -0.39 is 11.8 Å². The molecule has 3 aromatic rings. The Hall–Kier alpha value is -2.83. The monoisotopic (exact) mass is 388 g/mol. The Morgan fingerprint density at radius 1 is 1.12 bits per heavy atom. The van der Waals surface area contributed by atoms with Crippen molar-refractivity contribution in [3.63, 3.8) is 0 Å². The van der Waals surface area contributed by atoms with Crippen LogP contribution in [0.5, 0.6) is 0 Å². The third-order valence-corrected chi connectivity index (χ3v) is 4.34. The van der Waals surface area contributed by atoms with Crippen molar-refractivity contribution in [1.82, 2.24) is 15.7 Å². The molecule has 132 valence electrons. The molecule has 0 saturated carbocycles. The lowest BCUT2D eigenvalue weighted by Gasteiger charge is -2.05. The van der Waals surface area contributed by atoms with Crippen LogP contribution in [0.25, 0.3) is 10.9 Å². The van der Waals surface area contributed by atoms with E-state index in [1.807, 2.05) is 24.3 Å². The number of hydrogen-bond acceptors (Lipinski definition) is 3. The van der Waals surface area contributed by atoms with E-state index in [0.29, 0.717) is 10.6 Å². The Morgan fingerprint density at radius 2 is 1.92 bits per heavy atom. The molecule has 3 rings (SSSR count). The van der Waals surface area contributed by atoms with Gasteiger partial charge >= 0.3 is 0 Å². The van der Waals surface area contributed by atoms with Crippen molar-refractivity contribution in [2.24, 2.45) is 5.10 Å². The molecule has 3 N–H and O–H groups in total. The molecule has 8 heteroatoms. The quantitative estimate of drug-likeness (QED) is 0.462. The first-order valence-electron chi connectivity index (χ1n) is 7.66. The van der Waals surface area contributed by atoms with E-state index in [9.17, 15) is 9.59 Å². The van der Waals surface area contributed by atoms with Crippen molar-refractivity contribution < 1.29 is 9.59 Å². The van der Waals surface area contributed by atoms with Gasteiger partial charge in [0.15, 0.2) is 0 Å². The van der Waals surface area contributed by atoms with Crippen LogP contribution in [0.15, 0.2) is 53.8 Å². The summed E-state index contributed by atoms with van der Waals surface area (Å²) in [6, 6.07) is 12.2. The maximum Gasteiger partial charge on any atom is 0.259 e. The third-order valence-electron chi connectivity index (χ3n) is 3.61. The van der Waals surface area contributed by atoms with Crippen molar-refractivity contribution in [3.05, 3.63) is 69.8 Å². The molecule has 0 saturated heterocycles. The molecule has 2 amide bonds. The predicted molar refractivity (Wildman–Crippen MR) is 103 cm³/mol. The number of amides is 2. The van der Waals surface area contributed by atoms with Crippen LogP contribution in [0.4, 0.5) is 0 Å². The molecule has 6 nitrogen and oxygen atoms in total. The van der Waals surface area contributed by atoms with Gasteiger partial charge in [-0.3, -0.25) is 9.59 Å². The number of rotatable bonds is 5. The minimum absolute atomic E-state index is 0.218. The highest BCUT2D eigenvalue weighted by molar-refractivity contribution is 6.42. The zero-order chi connectivity index (χ0) is 18.5. The largest absolute Gasteiger partial charge is 0.361 e. The standard InChI is InChI=1S/C18H14Cl2N4O2/c19-14-6-5-11(7-15(14)20)18(26)22-10-17(25)24-23-9-12-8-21-16-4-2-1-3-13(12)16/h1-9,21H,10H2,(H,22,26)(H,24,25)/b23-9-. The highest BCUT2D eigenvalue weighted by atomic mass is 35.5. The lowest BCUT2D eigenvalue weighted by Crippen LogP contribution is -2.34. The number of carbonyl (C=O) groups excluding carboxylic acids is 2. The molecule has 2 aromatic carbocycles. The summed E-state index contributed by atoms with van der Waals surface area (Å²) in [7, 11) is 0. The SMILES string of the molecule is O=C(CNC(=O)c1ccc(Cl)c(Cl)c1)N/N=C\c1c[nH]c2ccccc12. The molecule has 0 aliphatic carbocycles. The number of nitrogens with one attached hydrogen (secondary N) is 3. The number of aromatic nitrogens is 1. The number of aromatic amines is 1. The fourth-order valence-electron chi connectivity index (χ4n) is 2.31. The van der Waals surface area contributed by atoms with Crippen molar-refractivity contribution >= 4 is 52.1 Å². The molecule has 0 aliphatic heterocycles. The first-order chi connectivity index (χ1) is 12.5. The summed E-state index contributed by atoms with van der Waals surface area (Å²) in [5.74, 6) is -0.881. The summed E-state index contributed by atoms with van der Waals surface area (Å²) >= 11 is 11.7. The van der Waals surface area contributed by atoms with Crippen LogP contribution in [-0.2, 0) is 4.79 Å². The molecule has 26 heavy (non-hydrogen) atoms. The second kappa shape index (κ2) is 8.03. The highest BCUT2D eigenvalue weighted by Crippen LogP contribution is 2.22. The highest BCUT2D eigenvalue weighted by Gasteiger charge is 2.09. The van der Waals surface area contributed by atoms with Gasteiger partial charge in [-0.1, -0.05) is 41.4 Å². The van der Waals surface area contributed by atoms with Crippen molar-refractivity contribution in [2.45, 2.75) is 0 Å². The van der Waals surface area contributed by atoms with Gasteiger partial charge in [-0.2, -0.15) is 5.10 Å². The molecular formula is C18H14Cl2N4O2. The van der Waals surface area contributed by atoms with Crippen molar-refractivity contribution in [1.29, 1.82) is 0 Å². The lowest BCUT2D eigenvalue weighted by molar-refractivity contribution is -0.120. The van der Waals surface area contributed by atoms with Crippen molar-refractivity contribution in [3.8, 4) is 0 Å². The summed E-state index contributed by atoms with van der Waals surface area (Å²) in [5, 5.41) is 8.02. The number of H-pyrrole nitrogens is 1. The number of halogens is 2. The molecule has 0 bridgehead atoms. The second-order valence-electron chi connectivity index (χ2n) is 5.39. The molecule has 1 heterocycles. The minimum Gasteiger partial charge on any atom is -0.361 e. The molecule has 0 fully saturated rings. The number of nitrogens with zero attached hydrogens (tertiary/aromatic N) is 1. The van der Waals surface area contributed by atoms with E-state index in [2.05, 4.69) is 20.8 Å². The maximum atomic E-state index is 12.0.